The lowest BCUT2D eigenvalue weighted by Crippen LogP contribution is -2.29. The highest BCUT2D eigenvalue weighted by Gasteiger charge is 2.15. The lowest BCUT2D eigenvalue weighted by molar-refractivity contribution is 0.0529. The van der Waals surface area contributed by atoms with Crippen molar-refractivity contribution in [3.05, 3.63) is 64.7 Å². The van der Waals surface area contributed by atoms with Crippen LogP contribution in [0.2, 0.25) is 5.02 Å². The Morgan fingerprint density at radius 2 is 1.84 bits per heavy atom. The van der Waals surface area contributed by atoms with E-state index in [1.165, 1.54) is 6.21 Å². The van der Waals surface area contributed by atoms with Crippen molar-refractivity contribution >= 4 is 23.9 Å². The van der Waals surface area contributed by atoms with Crippen LogP contribution in [0.1, 0.15) is 31.9 Å². The molecule has 2 rings (SSSR count). The number of halogens is 1. The molecule has 0 fully saturated rings. The minimum absolute atomic E-state index is 0.396. The Hall–Kier alpha value is -2.53. The zero-order chi connectivity index (χ0) is 18.3. The van der Waals surface area contributed by atoms with E-state index in [1.807, 2.05) is 48.5 Å². The quantitative estimate of drug-likeness (QED) is 0.616. The van der Waals surface area contributed by atoms with Crippen molar-refractivity contribution in [2.45, 2.75) is 33.0 Å². The zero-order valence-corrected chi connectivity index (χ0v) is 15.2. The summed E-state index contributed by atoms with van der Waals surface area (Å²) in [5.74, 6) is 0.720. The van der Waals surface area contributed by atoms with Crippen LogP contribution in [-0.2, 0) is 11.3 Å². The third kappa shape index (κ3) is 6.85. The number of rotatable bonds is 5. The maximum absolute atomic E-state index is 11.5. The van der Waals surface area contributed by atoms with E-state index >= 15 is 0 Å². The third-order valence-corrected chi connectivity index (χ3v) is 3.37. The van der Waals surface area contributed by atoms with Crippen LogP contribution in [0.3, 0.4) is 0 Å². The van der Waals surface area contributed by atoms with Gasteiger partial charge < -0.3 is 9.47 Å². The molecule has 25 heavy (non-hydrogen) atoms. The first-order valence-electron chi connectivity index (χ1n) is 7.82. The largest absolute Gasteiger partial charge is 0.489 e. The summed E-state index contributed by atoms with van der Waals surface area (Å²) in [6, 6.07) is 14.9. The topological polar surface area (TPSA) is 59.9 Å². The highest BCUT2D eigenvalue weighted by molar-refractivity contribution is 6.31. The molecule has 0 radical (unpaired) electrons. The number of ether oxygens (including phenoxy) is 2. The van der Waals surface area contributed by atoms with E-state index in [0.29, 0.717) is 11.6 Å². The molecule has 2 aromatic rings. The van der Waals surface area contributed by atoms with Crippen molar-refractivity contribution in [3.8, 4) is 5.75 Å². The van der Waals surface area contributed by atoms with Gasteiger partial charge in [0.25, 0.3) is 0 Å². The van der Waals surface area contributed by atoms with Crippen LogP contribution in [0, 0.1) is 0 Å². The highest BCUT2D eigenvalue weighted by atomic mass is 35.5. The zero-order valence-electron chi connectivity index (χ0n) is 14.5. The van der Waals surface area contributed by atoms with Gasteiger partial charge in [-0.1, -0.05) is 29.8 Å². The minimum Gasteiger partial charge on any atom is -0.489 e. The lowest BCUT2D eigenvalue weighted by Gasteiger charge is -2.18. The van der Waals surface area contributed by atoms with Crippen LogP contribution in [0.15, 0.2) is 53.6 Å². The molecule has 0 unspecified atom stereocenters. The predicted octanol–water partition coefficient (Wildman–Crippen LogP) is 4.78. The smallest absolute Gasteiger partial charge is 0.428 e. The van der Waals surface area contributed by atoms with E-state index in [1.54, 1.807) is 20.8 Å². The van der Waals surface area contributed by atoms with E-state index in [4.69, 9.17) is 21.1 Å². The first kappa shape index (κ1) is 18.8. The van der Waals surface area contributed by atoms with Crippen LogP contribution >= 0.6 is 11.6 Å². The van der Waals surface area contributed by atoms with E-state index < -0.39 is 11.7 Å². The molecule has 5 nitrogen and oxygen atoms in total. The van der Waals surface area contributed by atoms with Crippen molar-refractivity contribution in [1.82, 2.24) is 5.43 Å². The minimum atomic E-state index is -0.594. The summed E-state index contributed by atoms with van der Waals surface area (Å²) in [5, 5.41) is 4.53. The molecule has 0 heterocycles. The number of nitrogens with one attached hydrogen (secondary N) is 1. The number of nitrogens with zero attached hydrogens (tertiary/aromatic N) is 1. The molecule has 2 aromatic carbocycles. The summed E-state index contributed by atoms with van der Waals surface area (Å²) < 4.78 is 10.8. The molecular formula is C19H21ClN2O3. The van der Waals surface area contributed by atoms with Gasteiger partial charge in [0.1, 0.15) is 18.0 Å². The highest BCUT2D eigenvalue weighted by Crippen LogP contribution is 2.18. The van der Waals surface area contributed by atoms with Crippen molar-refractivity contribution in [2.75, 3.05) is 0 Å². The van der Waals surface area contributed by atoms with Gasteiger partial charge >= 0.3 is 6.09 Å². The Balaban J connectivity index is 1.84. The van der Waals surface area contributed by atoms with Gasteiger partial charge in [0.05, 0.1) is 6.21 Å². The van der Waals surface area contributed by atoms with Gasteiger partial charge in [-0.3, -0.25) is 0 Å². The number of hydrogen-bond acceptors (Lipinski definition) is 4. The van der Waals surface area contributed by atoms with Crippen LogP contribution < -0.4 is 10.2 Å². The Kier molecular flexibility index (Phi) is 6.42. The van der Waals surface area contributed by atoms with Gasteiger partial charge in [-0.25, -0.2) is 10.2 Å². The molecule has 1 amide bonds. The molecule has 1 N–H and O–H groups in total. The van der Waals surface area contributed by atoms with Gasteiger partial charge in [0, 0.05) is 10.6 Å². The fourth-order valence-corrected chi connectivity index (χ4v) is 2.08. The van der Waals surface area contributed by atoms with Gasteiger partial charge in [0.15, 0.2) is 0 Å². The summed E-state index contributed by atoms with van der Waals surface area (Å²) in [6.07, 6.45) is 0.935. The molecule has 0 bridgehead atoms. The summed E-state index contributed by atoms with van der Waals surface area (Å²) >= 11 is 6.10. The Bertz CT molecular complexity index is 737. The molecule has 0 aliphatic heterocycles. The standard InChI is InChI=1S/C19H21ClN2O3/c1-19(2,3)25-18(23)22-21-12-14-8-10-16(11-9-14)24-13-15-6-4-5-7-17(15)20/h4-12H,13H2,1-3H3,(H,22,23)/b21-12-. The maximum Gasteiger partial charge on any atom is 0.428 e. The molecule has 0 spiro atoms. The third-order valence-electron chi connectivity index (χ3n) is 3.00. The number of carbonyl (C=O) groups is 1. The normalized spacial score (nSPS) is 11.4. The maximum atomic E-state index is 11.5. The molecule has 0 atom stereocenters. The van der Waals surface area contributed by atoms with Crippen molar-refractivity contribution in [1.29, 1.82) is 0 Å². The van der Waals surface area contributed by atoms with Crippen LogP contribution in [0.5, 0.6) is 5.75 Å². The summed E-state index contributed by atoms with van der Waals surface area (Å²) in [5.41, 5.74) is 3.51. The van der Waals surface area contributed by atoms with E-state index in [0.717, 1.165) is 16.9 Å². The lowest BCUT2D eigenvalue weighted by atomic mass is 10.2. The molecule has 132 valence electrons. The summed E-state index contributed by atoms with van der Waals surface area (Å²) in [4.78, 5) is 11.5. The van der Waals surface area contributed by atoms with E-state index in [-0.39, 0.29) is 0 Å². The molecule has 6 heteroatoms. The van der Waals surface area contributed by atoms with E-state index in [9.17, 15) is 4.79 Å². The molecular weight excluding hydrogens is 340 g/mol. The molecule has 0 saturated carbocycles. The summed E-state index contributed by atoms with van der Waals surface area (Å²) in [7, 11) is 0. The molecule has 0 aliphatic rings. The molecule has 0 aliphatic carbocycles. The van der Waals surface area contributed by atoms with Crippen LogP contribution in [-0.4, -0.2) is 17.9 Å². The fourth-order valence-electron chi connectivity index (χ4n) is 1.89. The fraction of sp³-hybridized carbons (Fsp3) is 0.263. The Labute approximate surface area is 152 Å². The van der Waals surface area contributed by atoms with Crippen molar-refractivity contribution in [3.63, 3.8) is 0 Å². The monoisotopic (exact) mass is 360 g/mol. The van der Waals surface area contributed by atoms with Crippen molar-refractivity contribution in [2.24, 2.45) is 5.10 Å². The number of amides is 1. The van der Waals surface area contributed by atoms with E-state index in [2.05, 4.69) is 10.5 Å². The number of carbonyl (C=O) groups excluding carboxylic acids is 1. The average molecular weight is 361 g/mol. The van der Waals surface area contributed by atoms with Crippen molar-refractivity contribution < 1.29 is 14.3 Å². The second-order valence-electron chi connectivity index (χ2n) is 6.32. The van der Waals surface area contributed by atoms with Crippen LogP contribution in [0.4, 0.5) is 4.79 Å². The number of benzene rings is 2. The Morgan fingerprint density at radius 3 is 2.48 bits per heavy atom. The van der Waals surface area contributed by atoms with Crippen LogP contribution in [0.25, 0.3) is 0 Å². The molecule has 0 aromatic heterocycles. The van der Waals surface area contributed by atoms with Gasteiger partial charge in [0.2, 0.25) is 0 Å². The van der Waals surface area contributed by atoms with Gasteiger partial charge in [-0.05, 0) is 56.7 Å². The average Bonchev–Trinajstić information content (AvgIpc) is 2.54. The first-order valence-corrected chi connectivity index (χ1v) is 8.19. The first-order chi connectivity index (χ1) is 11.8. The van der Waals surface area contributed by atoms with Gasteiger partial charge in [-0.2, -0.15) is 5.10 Å². The number of hydrazone groups is 1. The SMILES string of the molecule is CC(C)(C)OC(=O)N/N=C\c1ccc(OCc2ccccc2Cl)cc1. The van der Waals surface area contributed by atoms with Gasteiger partial charge in [-0.15, -0.1) is 0 Å². The Morgan fingerprint density at radius 1 is 1.16 bits per heavy atom. The number of hydrogen-bond donors (Lipinski definition) is 1. The predicted molar refractivity (Wildman–Crippen MR) is 99.2 cm³/mol. The molecule has 0 saturated heterocycles. The second-order valence-corrected chi connectivity index (χ2v) is 6.73. The second kappa shape index (κ2) is 8.53. The summed E-state index contributed by atoms with van der Waals surface area (Å²) in [6.45, 7) is 5.76.